The number of benzene rings is 1. The minimum Gasteiger partial charge on any atom is -0.379 e. The van der Waals surface area contributed by atoms with Crippen LogP contribution in [-0.2, 0) is 6.54 Å². The van der Waals surface area contributed by atoms with Crippen molar-refractivity contribution in [1.82, 2.24) is 10.3 Å². The second-order valence-electron chi connectivity index (χ2n) is 3.49. The summed E-state index contributed by atoms with van der Waals surface area (Å²) in [6, 6.07) is 7.36. The molecule has 0 bridgehead atoms. The number of amides is 1. The number of nitrogens with zero attached hydrogens (tertiary/aromatic N) is 1. The van der Waals surface area contributed by atoms with Crippen LogP contribution in [0, 0.1) is 0 Å². The topological polar surface area (TPSA) is 54.0 Å². The summed E-state index contributed by atoms with van der Waals surface area (Å²) < 4.78 is 0. The molecular formula is C12H13N3OS. The lowest BCUT2D eigenvalue weighted by molar-refractivity contribution is 0.0963. The molecule has 1 aromatic heterocycles. The van der Waals surface area contributed by atoms with E-state index in [1.54, 1.807) is 30.5 Å². The van der Waals surface area contributed by atoms with Crippen LogP contribution in [0.1, 0.15) is 16.1 Å². The standard InChI is InChI=1S/C12H13N3OS/c1-13-12(16)9-2-4-10(5-3-9)14-6-11-7-17-8-15-11/h2-5,7-8,14H,6H2,1H3,(H,13,16). The molecule has 0 unspecified atom stereocenters. The molecular weight excluding hydrogens is 234 g/mol. The fourth-order valence-electron chi connectivity index (χ4n) is 1.40. The summed E-state index contributed by atoms with van der Waals surface area (Å²) in [6.45, 7) is 0.697. The van der Waals surface area contributed by atoms with Crippen LogP contribution in [0.3, 0.4) is 0 Å². The fraction of sp³-hybridized carbons (Fsp3) is 0.167. The summed E-state index contributed by atoms with van der Waals surface area (Å²) in [6.07, 6.45) is 0. The molecule has 0 atom stereocenters. The minimum absolute atomic E-state index is 0.0731. The summed E-state index contributed by atoms with van der Waals surface area (Å²) in [4.78, 5) is 15.5. The van der Waals surface area contributed by atoms with Gasteiger partial charge >= 0.3 is 0 Å². The van der Waals surface area contributed by atoms with Crippen molar-refractivity contribution in [2.45, 2.75) is 6.54 Å². The highest BCUT2D eigenvalue weighted by Crippen LogP contribution is 2.11. The van der Waals surface area contributed by atoms with E-state index >= 15 is 0 Å². The number of thiazole rings is 1. The minimum atomic E-state index is -0.0731. The van der Waals surface area contributed by atoms with Gasteiger partial charge in [0.05, 0.1) is 17.7 Å². The van der Waals surface area contributed by atoms with Gasteiger partial charge in [0, 0.05) is 23.7 Å². The zero-order chi connectivity index (χ0) is 12.1. The van der Waals surface area contributed by atoms with Crippen LogP contribution in [0.15, 0.2) is 35.2 Å². The molecule has 0 saturated carbocycles. The second kappa shape index (κ2) is 5.45. The number of anilines is 1. The van der Waals surface area contributed by atoms with Gasteiger partial charge in [0.25, 0.3) is 5.91 Å². The first-order valence-electron chi connectivity index (χ1n) is 5.22. The number of nitrogens with one attached hydrogen (secondary N) is 2. The first-order chi connectivity index (χ1) is 8.29. The van der Waals surface area contributed by atoms with E-state index in [1.165, 1.54) is 0 Å². The van der Waals surface area contributed by atoms with Gasteiger partial charge in [-0.3, -0.25) is 4.79 Å². The van der Waals surface area contributed by atoms with Gasteiger partial charge in [-0.25, -0.2) is 4.98 Å². The average Bonchev–Trinajstić information content (AvgIpc) is 2.89. The SMILES string of the molecule is CNC(=O)c1ccc(NCc2cscn2)cc1. The third-order valence-electron chi connectivity index (χ3n) is 2.33. The van der Waals surface area contributed by atoms with Crippen molar-refractivity contribution in [3.8, 4) is 0 Å². The summed E-state index contributed by atoms with van der Waals surface area (Å²) >= 11 is 1.58. The maximum atomic E-state index is 11.3. The van der Waals surface area contributed by atoms with Gasteiger partial charge in [-0.2, -0.15) is 0 Å². The second-order valence-corrected chi connectivity index (χ2v) is 4.21. The number of hydrogen-bond donors (Lipinski definition) is 2. The Morgan fingerprint density at radius 1 is 1.35 bits per heavy atom. The summed E-state index contributed by atoms with van der Waals surface area (Å²) in [7, 11) is 1.62. The smallest absolute Gasteiger partial charge is 0.251 e. The first kappa shape index (κ1) is 11.6. The predicted molar refractivity (Wildman–Crippen MR) is 69.3 cm³/mol. The Bertz CT molecular complexity index is 479. The van der Waals surface area contributed by atoms with Gasteiger partial charge < -0.3 is 10.6 Å². The lowest BCUT2D eigenvalue weighted by atomic mass is 10.2. The van der Waals surface area contributed by atoms with Crippen LogP contribution in [0.2, 0.25) is 0 Å². The summed E-state index contributed by atoms with van der Waals surface area (Å²) in [5.41, 5.74) is 4.47. The lowest BCUT2D eigenvalue weighted by Crippen LogP contribution is -2.17. The van der Waals surface area contributed by atoms with Gasteiger partial charge in [0.2, 0.25) is 0 Å². The average molecular weight is 247 g/mol. The van der Waals surface area contributed by atoms with Crippen LogP contribution in [-0.4, -0.2) is 17.9 Å². The Balaban J connectivity index is 1.96. The van der Waals surface area contributed by atoms with Crippen LogP contribution in [0.5, 0.6) is 0 Å². The number of carbonyl (C=O) groups excluding carboxylic acids is 1. The van der Waals surface area contributed by atoms with Gasteiger partial charge in [-0.1, -0.05) is 0 Å². The first-order valence-corrected chi connectivity index (χ1v) is 6.17. The van der Waals surface area contributed by atoms with Crippen molar-refractivity contribution >= 4 is 22.9 Å². The molecule has 0 saturated heterocycles. The van der Waals surface area contributed by atoms with Crippen molar-refractivity contribution < 1.29 is 4.79 Å². The molecule has 88 valence electrons. The zero-order valence-corrected chi connectivity index (χ0v) is 10.3. The molecule has 1 amide bonds. The van der Waals surface area contributed by atoms with Gasteiger partial charge in [-0.15, -0.1) is 11.3 Å². The molecule has 0 aliphatic heterocycles. The van der Waals surface area contributed by atoms with Crippen LogP contribution >= 0.6 is 11.3 Å². The molecule has 17 heavy (non-hydrogen) atoms. The van der Waals surface area contributed by atoms with E-state index in [0.717, 1.165) is 11.4 Å². The number of carbonyl (C=O) groups is 1. The highest BCUT2D eigenvalue weighted by Gasteiger charge is 2.02. The molecule has 2 rings (SSSR count). The van der Waals surface area contributed by atoms with E-state index in [2.05, 4.69) is 15.6 Å². The van der Waals surface area contributed by atoms with Gasteiger partial charge in [-0.05, 0) is 24.3 Å². The van der Waals surface area contributed by atoms with E-state index in [0.29, 0.717) is 12.1 Å². The zero-order valence-electron chi connectivity index (χ0n) is 9.43. The van der Waals surface area contributed by atoms with Crippen molar-refractivity contribution in [3.05, 3.63) is 46.4 Å². The molecule has 0 spiro atoms. The van der Waals surface area contributed by atoms with Crippen molar-refractivity contribution in [1.29, 1.82) is 0 Å². The molecule has 0 radical (unpaired) electrons. The fourth-order valence-corrected chi connectivity index (χ4v) is 1.96. The Labute approximate surface area is 104 Å². The van der Waals surface area contributed by atoms with Gasteiger partial charge in [0.15, 0.2) is 0 Å². The summed E-state index contributed by atoms with van der Waals surface area (Å²) in [5, 5.41) is 7.84. The molecule has 1 aromatic carbocycles. The molecule has 2 aromatic rings. The van der Waals surface area contributed by atoms with Crippen molar-refractivity contribution in [2.75, 3.05) is 12.4 Å². The van der Waals surface area contributed by atoms with Gasteiger partial charge in [0.1, 0.15) is 0 Å². The van der Waals surface area contributed by atoms with E-state index in [-0.39, 0.29) is 5.91 Å². The van der Waals surface area contributed by atoms with Crippen molar-refractivity contribution in [2.24, 2.45) is 0 Å². The Morgan fingerprint density at radius 2 is 2.12 bits per heavy atom. The molecule has 1 heterocycles. The Morgan fingerprint density at radius 3 is 2.71 bits per heavy atom. The Hall–Kier alpha value is -1.88. The molecule has 4 nitrogen and oxygen atoms in total. The molecule has 5 heteroatoms. The van der Waals surface area contributed by atoms with E-state index in [9.17, 15) is 4.79 Å². The summed E-state index contributed by atoms with van der Waals surface area (Å²) in [5.74, 6) is -0.0731. The maximum absolute atomic E-state index is 11.3. The van der Waals surface area contributed by atoms with E-state index in [1.807, 2.05) is 23.0 Å². The quantitative estimate of drug-likeness (QED) is 0.870. The molecule has 0 fully saturated rings. The van der Waals surface area contributed by atoms with E-state index in [4.69, 9.17) is 0 Å². The molecule has 2 N–H and O–H groups in total. The van der Waals surface area contributed by atoms with Crippen LogP contribution < -0.4 is 10.6 Å². The third kappa shape index (κ3) is 3.04. The number of aromatic nitrogens is 1. The monoisotopic (exact) mass is 247 g/mol. The number of rotatable bonds is 4. The highest BCUT2D eigenvalue weighted by molar-refractivity contribution is 7.07. The maximum Gasteiger partial charge on any atom is 0.251 e. The molecule has 0 aliphatic carbocycles. The van der Waals surface area contributed by atoms with E-state index < -0.39 is 0 Å². The third-order valence-corrected chi connectivity index (χ3v) is 2.97. The molecule has 0 aliphatic rings. The van der Waals surface area contributed by atoms with Crippen LogP contribution in [0.4, 0.5) is 5.69 Å². The lowest BCUT2D eigenvalue weighted by Gasteiger charge is -2.05. The predicted octanol–water partition coefficient (Wildman–Crippen LogP) is 2.11. The normalized spacial score (nSPS) is 9.94. The van der Waals surface area contributed by atoms with Crippen LogP contribution in [0.25, 0.3) is 0 Å². The largest absolute Gasteiger partial charge is 0.379 e. The Kier molecular flexibility index (Phi) is 3.72. The highest BCUT2D eigenvalue weighted by atomic mass is 32.1. The van der Waals surface area contributed by atoms with Crippen molar-refractivity contribution in [3.63, 3.8) is 0 Å². The number of hydrogen-bond acceptors (Lipinski definition) is 4.